The van der Waals surface area contributed by atoms with Gasteiger partial charge in [-0.05, 0) is 30.2 Å². The average Bonchev–Trinajstić information content (AvgIpc) is 2.64. The van der Waals surface area contributed by atoms with Crippen LogP contribution in [0.25, 0.3) is 11.0 Å². The first-order valence-electron chi connectivity index (χ1n) is 8.25. The van der Waals surface area contributed by atoms with Gasteiger partial charge in [0.2, 0.25) is 5.91 Å². The molecular weight excluding hydrogens is 348 g/mol. The maximum Gasteiger partial charge on any atom is 0.336 e. The second-order valence-electron chi connectivity index (χ2n) is 6.01. The van der Waals surface area contributed by atoms with Crippen LogP contribution in [0.4, 0.5) is 0 Å². The lowest BCUT2D eigenvalue weighted by Gasteiger charge is -2.16. The molecule has 0 aliphatic heterocycles. The maximum atomic E-state index is 12.2. The molecular formula is C20H18N2O5. The molecule has 7 nitrogen and oxygen atoms in total. The zero-order valence-corrected chi connectivity index (χ0v) is 14.6. The molecule has 2 aromatic carbocycles. The average molecular weight is 366 g/mol. The van der Waals surface area contributed by atoms with Gasteiger partial charge in [-0.15, -0.1) is 0 Å². The smallest absolute Gasteiger partial charge is 0.336 e. The second-order valence-corrected chi connectivity index (χ2v) is 6.01. The van der Waals surface area contributed by atoms with E-state index >= 15 is 0 Å². The predicted molar refractivity (Wildman–Crippen MR) is 99.2 cm³/mol. The Balaban J connectivity index is 1.69. The molecule has 3 aromatic rings. The van der Waals surface area contributed by atoms with Crippen molar-refractivity contribution >= 4 is 22.8 Å². The molecule has 138 valence electrons. The van der Waals surface area contributed by atoms with E-state index in [0.29, 0.717) is 16.9 Å². The van der Waals surface area contributed by atoms with Crippen molar-refractivity contribution < 1.29 is 18.7 Å². The van der Waals surface area contributed by atoms with Gasteiger partial charge in [0.25, 0.3) is 5.91 Å². The predicted octanol–water partition coefficient (Wildman–Crippen LogP) is 1.82. The number of primary amides is 1. The number of benzene rings is 2. The van der Waals surface area contributed by atoms with Crippen molar-refractivity contribution in [3.63, 3.8) is 0 Å². The molecule has 0 spiro atoms. The minimum atomic E-state index is -0.945. The fraction of sp³-hybridized carbons (Fsp3) is 0.150. The Labute approximate surface area is 154 Å². The summed E-state index contributed by atoms with van der Waals surface area (Å²) < 4.78 is 10.6. The Hall–Kier alpha value is -3.61. The first kappa shape index (κ1) is 18.2. The summed E-state index contributed by atoms with van der Waals surface area (Å²) in [4.78, 5) is 35.3. The van der Waals surface area contributed by atoms with Gasteiger partial charge in [0.1, 0.15) is 17.4 Å². The van der Waals surface area contributed by atoms with Gasteiger partial charge < -0.3 is 20.2 Å². The highest BCUT2D eigenvalue weighted by Crippen LogP contribution is 2.22. The number of nitrogens with two attached hydrogens (primary N) is 1. The standard InChI is InChI=1S/C20H18N2O5/c1-12-9-18(24)27-16-10-14(7-8-15(12)16)26-11-17(23)22-19(20(21)25)13-5-3-2-4-6-13/h2-10,19H,11H2,1H3,(H2,21,25)(H,22,23). The molecule has 0 fully saturated rings. The van der Waals surface area contributed by atoms with Crippen LogP contribution in [-0.2, 0) is 9.59 Å². The van der Waals surface area contributed by atoms with Crippen LogP contribution in [0.2, 0.25) is 0 Å². The number of hydrogen-bond donors (Lipinski definition) is 2. The highest BCUT2D eigenvalue weighted by molar-refractivity contribution is 5.88. The molecule has 1 heterocycles. The summed E-state index contributed by atoms with van der Waals surface area (Å²) in [6.45, 7) is 1.49. The highest BCUT2D eigenvalue weighted by Gasteiger charge is 2.20. The van der Waals surface area contributed by atoms with E-state index < -0.39 is 23.5 Å². The van der Waals surface area contributed by atoms with Crippen molar-refractivity contribution in [2.45, 2.75) is 13.0 Å². The fourth-order valence-electron chi connectivity index (χ4n) is 2.71. The van der Waals surface area contributed by atoms with E-state index in [2.05, 4.69) is 5.32 Å². The van der Waals surface area contributed by atoms with E-state index in [9.17, 15) is 14.4 Å². The van der Waals surface area contributed by atoms with Crippen LogP contribution < -0.4 is 21.4 Å². The van der Waals surface area contributed by atoms with Crippen molar-refractivity contribution in [1.82, 2.24) is 5.32 Å². The number of hydrogen-bond acceptors (Lipinski definition) is 5. The molecule has 3 rings (SSSR count). The number of rotatable bonds is 6. The number of nitrogens with one attached hydrogen (secondary N) is 1. The van der Waals surface area contributed by atoms with Crippen LogP contribution in [0.15, 0.2) is 63.8 Å². The molecule has 0 saturated carbocycles. The van der Waals surface area contributed by atoms with E-state index in [1.54, 1.807) is 55.5 Å². The lowest BCUT2D eigenvalue weighted by molar-refractivity contribution is -0.128. The summed E-state index contributed by atoms with van der Waals surface area (Å²) in [6.07, 6.45) is 0. The van der Waals surface area contributed by atoms with Gasteiger partial charge in [-0.1, -0.05) is 30.3 Å². The molecule has 1 atom stereocenters. The molecule has 2 amide bonds. The van der Waals surface area contributed by atoms with Crippen LogP contribution in [0.1, 0.15) is 17.2 Å². The molecule has 0 aliphatic rings. The Morgan fingerprint density at radius 2 is 1.89 bits per heavy atom. The van der Waals surface area contributed by atoms with Crippen LogP contribution >= 0.6 is 0 Å². The third-order valence-corrected chi connectivity index (χ3v) is 4.02. The van der Waals surface area contributed by atoms with Gasteiger partial charge in [-0.2, -0.15) is 0 Å². The summed E-state index contributed by atoms with van der Waals surface area (Å²) in [7, 11) is 0. The van der Waals surface area contributed by atoms with Crippen molar-refractivity contribution in [2.75, 3.05) is 6.61 Å². The largest absolute Gasteiger partial charge is 0.484 e. The number of amides is 2. The summed E-state index contributed by atoms with van der Waals surface area (Å²) in [5, 5.41) is 3.33. The molecule has 27 heavy (non-hydrogen) atoms. The zero-order chi connectivity index (χ0) is 19.4. The van der Waals surface area contributed by atoms with Crippen molar-refractivity contribution in [3.8, 4) is 5.75 Å². The summed E-state index contributed by atoms with van der Waals surface area (Å²) >= 11 is 0. The van der Waals surface area contributed by atoms with Gasteiger partial charge in [0.15, 0.2) is 6.61 Å². The second kappa shape index (κ2) is 7.74. The topological polar surface area (TPSA) is 112 Å². The van der Waals surface area contributed by atoms with E-state index in [-0.39, 0.29) is 6.61 Å². The minimum absolute atomic E-state index is 0.321. The van der Waals surface area contributed by atoms with Crippen molar-refractivity contribution in [3.05, 3.63) is 76.1 Å². The Morgan fingerprint density at radius 3 is 2.59 bits per heavy atom. The van der Waals surface area contributed by atoms with Gasteiger partial charge in [-0.25, -0.2) is 4.79 Å². The molecule has 0 aliphatic carbocycles. The molecule has 7 heteroatoms. The Bertz CT molecular complexity index is 1040. The first-order chi connectivity index (χ1) is 12.9. The van der Waals surface area contributed by atoms with Gasteiger partial charge in [0.05, 0.1) is 0 Å². The van der Waals surface area contributed by atoms with E-state index in [1.807, 2.05) is 0 Å². The SMILES string of the molecule is Cc1cc(=O)oc2cc(OCC(=O)NC(C(N)=O)c3ccccc3)ccc12. The Kier molecular flexibility index (Phi) is 5.21. The molecule has 3 N–H and O–H groups in total. The lowest BCUT2D eigenvalue weighted by Crippen LogP contribution is -2.39. The number of carbonyl (C=O) groups is 2. The minimum Gasteiger partial charge on any atom is -0.484 e. The molecule has 0 radical (unpaired) electrons. The number of aryl methyl sites for hydroxylation is 1. The van der Waals surface area contributed by atoms with Gasteiger partial charge in [0, 0.05) is 17.5 Å². The molecule has 0 bridgehead atoms. The van der Waals surface area contributed by atoms with Gasteiger partial charge in [-0.3, -0.25) is 9.59 Å². The summed E-state index contributed by atoms with van der Waals surface area (Å²) in [5.74, 6) is -0.812. The summed E-state index contributed by atoms with van der Waals surface area (Å²) in [6, 6.07) is 14.1. The third-order valence-electron chi connectivity index (χ3n) is 4.02. The lowest BCUT2D eigenvalue weighted by atomic mass is 10.1. The number of ether oxygens (including phenoxy) is 1. The number of fused-ring (bicyclic) bond motifs is 1. The highest BCUT2D eigenvalue weighted by atomic mass is 16.5. The van der Waals surface area contributed by atoms with Crippen LogP contribution in [0, 0.1) is 6.92 Å². The molecule has 1 unspecified atom stereocenters. The monoisotopic (exact) mass is 366 g/mol. The van der Waals surface area contributed by atoms with Crippen LogP contribution in [0.3, 0.4) is 0 Å². The molecule has 0 saturated heterocycles. The zero-order valence-electron chi connectivity index (χ0n) is 14.6. The number of carbonyl (C=O) groups excluding carboxylic acids is 2. The summed E-state index contributed by atoms with van der Waals surface area (Å²) in [5.41, 5.74) is 6.67. The third kappa shape index (κ3) is 4.33. The van der Waals surface area contributed by atoms with Crippen molar-refractivity contribution in [1.29, 1.82) is 0 Å². The van der Waals surface area contributed by atoms with Crippen LogP contribution in [-0.4, -0.2) is 18.4 Å². The quantitative estimate of drug-likeness (QED) is 0.647. The fourth-order valence-corrected chi connectivity index (χ4v) is 2.71. The van der Waals surface area contributed by atoms with E-state index in [1.165, 1.54) is 6.07 Å². The maximum absolute atomic E-state index is 12.2. The first-order valence-corrected chi connectivity index (χ1v) is 8.25. The normalized spacial score (nSPS) is 11.7. The van der Waals surface area contributed by atoms with Crippen LogP contribution in [0.5, 0.6) is 5.75 Å². The van der Waals surface area contributed by atoms with E-state index in [0.717, 1.165) is 10.9 Å². The van der Waals surface area contributed by atoms with Crippen molar-refractivity contribution in [2.24, 2.45) is 5.73 Å². The Morgan fingerprint density at radius 1 is 1.15 bits per heavy atom. The van der Waals surface area contributed by atoms with Gasteiger partial charge >= 0.3 is 5.63 Å². The molecule has 1 aromatic heterocycles. The van der Waals surface area contributed by atoms with E-state index in [4.69, 9.17) is 14.9 Å².